The molecule has 0 heterocycles. The van der Waals surface area contributed by atoms with Crippen LogP contribution in [0, 0.1) is 0 Å². The first-order valence-corrected chi connectivity index (χ1v) is 5.82. The van der Waals surface area contributed by atoms with Gasteiger partial charge in [-0.05, 0) is 19.9 Å². The molecule has 0 aromatic heterocycles. The summed E-state index contributed by atoms with van der Waals surface area (Å²) in [7, 11) is 0. The van der Waals surface area contributed by atoms with Gasteiger partial charge in [-0.15, -0.1) is 0 Å². The zero-order chi connectivity index (χ0) is 10.1. The van der Waals surface area contributed by atoms with Crippen LogP contribution in [0.1, 0.15) is 27.2 Å². The van der Waals surface area contributed by atoms with E-state index in [-0.39, 0.29) is 0 Å². The van der Waals surface area contributed by atoms with Crippen molar-refractivity contribution in [2.75, 3.05) is 32.1 Å². The molecule has 1 unspecified atom stereocenters. The fourth-order valence-corrected chi connectivity index (χ4v) is 1.43. The second-order valence-corrected chi connectivity index (χ2v) is 3.67. The van der Waals surface area contributed by atoms with Crippen molar-refractivity contribution in [3.05, 3.63) is 0 Å². The molecule has 0 fully saturated rings. The van der Waals surface area contributed by atoms with Crippen LogP contribution in [0.5, 0.6) is 0 Å². The molecular formula is C10H23NOS. The average molecular weight is 205 g/mol. The van der Waals surface area contributed by atoms with E-state index in [4.69, 9.17) is 4.74 Å². The van der Waals surface area contributed by atoms with Crippen LogP contribution in [0.3, 0.4) is 0 Å². The standard InChI is InChI=1S/C10H23NOS/c1-4-10(3)11(5-2)6-7-12-8-9-13/h10,13H,4-9H2,1-3H3. The minimum Gasteiger partial charge on any atom is -0.379 e. The fraction of sp³-hybridized carbons (Fsp3) is 1.00. The SMILES string of the molecule is CCC(C)N(CC)CCOCCS. The molecular weight excluding hydrogens is 182 g/mol. The van der Waals surface area contributed by atoms with Gasteiger partial charge in [-0.25, -0.2) is 0 Å². The van der Waals surface area contributed by atoms with Crippen LogP contribution in [-0.4, -0.2) is 43.0 Å². The van der Waals surface area contributed by atoms with E-state index in [0.717, 1.165) is 32.1 Å². The van der Waals surface area contributed by atoms with Crippen molar-refractivity contribution in [2.45, 2.75) is 33.2 Å². The number of nitrogens with zero attached hydrogens (tertiary/aromatic N) is 1. The molecule has 0 aromatic rings. The van der Waals surface area contributed by atoms with Crippen LogP contribution in [0.4, 0.5) is 0 Å². The highest BCUT2D eigenvalue weighted by molar-refractivity contribution is 7.80. The lowest BCUT2D eigenvalue weighted by atomic mass is 10.2. The summed E-state index contributed by atoms with van der Waals surface area (Å²) in [5.74, 6) is 0.815. The third kappa shape index (κ3) is 6.36. The maximum absolute atomic E-state index is 5.39. The first-order valence-electron chi connectivity index (χ1n) is 5.18. The predicted octanol–water partition coefficient (Wildman–Crippen LogP) is 2.05. The van der Waals surface area contributed by atoms with Crippen molar-refractivity contribution in [1.29, 1.82) is 0 Å². The Kier molecular flexibility index (Phi) is 9.03. The number of hydrogen-bond acceptors (Lipinski definition) is 3. The van der Waals surface area contributed by atoms with Crippen LogP contribution in [0.2, 0.25) is 0 Å². The number of ether oxygens (including phenoxy) is 1. The van der Waals surface area contributed by atoms with Crippen molar-refractivity contribution in [3.63, 3.8) is 0 Å². The third-order valence-electron chi connectivity index (χ3n) is 2.38. The van der Waals surface area contributed by atoms with Crippen molar-refractivity contribution in [1.82, 2.24) is 4.90 Å². The maximum Gasteiger partial charge on any atom is 0.0593 e. The smallest absolute Gasteiger partial charge is 0.0593 e. The highest BCUT2D eigenvalue weighted by atomic mass is 32.1. The Balaban J connectivity index is 3.47. The number of thiol groups is 1. The lowest BCUT2D eigenvalue weighted by Crippen LogP contribution is -2.35. The summed E-state index contributed by atoms with van der Waals surface area (Å²) < 4.78 is 5.39. The molecule has 0 amide bonds. The van der Waals surface area contributed by atoms with Gasteiger partial charge >= 0.3 is 0 Å². The molecule has 0 N–H and O–H groups in total. The van der Waals surface area contributed by atoms with Gasteiger partial charge < -0.3 is 4.74 Å². The molecule has 0 bridgehead atoms. The van der Waals surface area contributed by atoms with Crippen molar-refractivity contribution < 1.29 is 4.74 Å². The molecule has 0 spiro atoms. The first-order chi connectivity index (χ1) is 6.26. The third-order valence-corrected chi connectivity index (χ3v) is 2.56. The summed E-state index contributed by atoms with van der Waals surface area (Å²) in [4.78, 5) is 2.44. The van der Waals surface area contributed by atoms with E-state index >= 15 is 0 Å². The quantitative estimate of drug-likeness (QED) is 0.481. The van der Waals surface area contributed by atoms with E-state index in [1.165, 1.54) is 6.42 Å². The first kappa shape index (κ1) is 13.3. The Labute approximate surface area is 88.1 Å². The molecule has 0 aliphatic carbocycles. The molecule has 1 atom stereocenters. The van der Waals surface area contributed by atoms with E-state index in [9.17, 15) is 0 Å². The molecule has 0 aliphatic rings. The maximum atomic E-state index is 5.39. The minimum atomic E-state index is 0.671. The summed E-state index contributed by atoms with van der Waals surface area (Å²) >= 11 is 4.09. The van der Waals surface area contributed by atoms with Gasteiger partial charge in [-0.3, -0.25) is 4.90 Å². The molecule has 2 nitrogen and oxygen atoms in total. The molecule has 0 radical (unpaired) electrons. The van der Waals surface area contributed by atoms with Gasteiger partial charge in [0.05, 0.1) is 13.2 Å². The van der Waals surface area contributed by atoms with Crippen LogP contribution in [-0.2, 0) is 4.74 Å². The zero-order valence-electron chi connectivity index (χ0n) is 9.12. The lowest BCUT2D eigenvalue weighted by molar-refractivity contribution is 0.101. The molecule has 0 saturated carbocycles. The normalized spacial score (nSPS) is 13.6. The van der Waals surface area contributed by atoms with E-state index in [1.54, 1.807) is 0 Å². The molecule has 0 aliphatic heterocycles. The van der Waals surface area contributed by atoms with Crippen LogP contribution in [0.25, 0.3) is 0 Å². The highest BCUT2D eigenvalue weighted by Gasteiger charge is 2.08. The molecule has 3 heteroatoms. The van der Waals surface area contributed by atoms with Gasteiger partial charge in [-0.1, -0.05) is 13.8 Å². The summed E-state index contributed by atoms with van der Waals surface area (Å²) in [5, 5.41) is 0. The molecule has 80 valence electrons. The molecule has 0 aromatic carbocycles. The van der Waals surface area contributed by atoms with Gasteiger partial charge in [0.15, 0.2) is 0 Å². The predicted molar refractivity (Wildman–Crippen MR) is 61.7 cm³/mol. The van der Waals surface area contributed by atoms with Crippen molar-refractivity contribution in [3.8, 4) is 0 Å². The van der Waals surface area contributed by atoms with Gasteiger partial charge in [0.2, 0.25) is 0 Å². The average Bonchev–Trinajstić information content (AvgIpc) is 2.17. The largest absolute Gasteiger partial charge is 0.379 e. The second-order valence-electron chi connectivity index (χ2n) is 3.22. The number of rotatable bonds is 8. The van der Waals surface area contributed by atoms with Gasteiger partial charge in [-0.2, -0.15) is 12.6 Å². The lowest BCUT2D eigenvalue weighted by Gasteiger charge is -2.26. The van der Waals surface area contributed by atoms with Crippen LogP contribution in [0.15, 0.2) is 0 Å². The monoisotopic (exact) mass is 205 g/mol. The topological polar surface area (TPSA) is 12.5 Å². The van der Waals surface area contributed by atoms with Gasteiger partial charge in [0.25, 0.3) is 0 Å². The van der Waals surface area contributed by atoms with Crippen molar-refractivity contribution in [2.24, 2.45) is 0 Å². The van der Waals surface area contributed by atoms with Crippen LogP contribution < -0.4 is 0 Å². The van der Waals surface area contributed by atoms with Gasteiger partial charge in [0.1, 0.15) is 0 Å². The van der Waals surface area contributed by atoms with E-state index in [1.807, 2.05) is 0 Å². The summed E-state index contributed by atoms with van der Waals surface area (Å²) in [6.07, 6.45) is 1.21. The second kappa shape index (κ2) is 8.85. The fourth-order valence-electron chi connectivity index (χ4n) is 1.30. The Morgan fingerprint density at radius 1 is 1.31 bits per heavy atom. The van der Waals surface area contributed by atoms with E-state index in [0.29, 0.717) is 6.04 Å². The summed E-state index contributed by atoms with van der Waals surface area (Å²) in [5.41, 5.74) is 0. The Hall–Kier alpha value is 0.270. The zero-order valence-corrected chi connectivity index (χ0v) is 10.0. The van der Waals surface area contributed by atoms with Gasteiger partial charge in [0, 0.05) is 18.3 Å². The Morgan fingerprint density at radius 3 is 2.46 bits per heavy atom. The Bertz CT molecular complexity index is 111. The highest BCUT2D eigenvalue weighted by Crippen LogP contribution is 2.01. The van der Waals surface area contributed by atoms with Crippen LogP contribution >= 0.6 is 12.6 Å². The summed E-state index contributed by atoms with van der Waals surface area (Å²) in [6, 6.07) is 0.671. The number of likely N-dealkylation sites (N-methyl/N-ethyl adjacent to an activating group) is 1. The number of hydrogen-bond donors (Lipinski definition) is 1. The molecule has 0 rings (SSSR count). The minimum absolute atomic E-state index is 0.671. The van der Waals surface area contributed by atoms with E-state index < -0.39 is 0 Å². The molecule has 0 saturated heterocycles. The van der Waals surface area contributed by atoms with Crippen molar-refractivity contribution >= 4 is 12.6 Å². The van der Waals surface area contributed by atoms with E-state index in [2.05, 4.69) is 38.3 Å². The summed E-state index contributed by atoms with van der Waals surface area (Å²) in [6.45, 7) is 10.4. The Morgan fingerprint density at radius 2 is 2.00 bits per heavy atom. The molecule has 13 heavy (non-hydrogen) atoms.